The molecule has 1 saturated carbocycles. The first-order chi connectivity index (χ1) is 16.4. The Morgan fingerprint density at radius 1 is 1.17 bits per heavy atom. The number of nitrogens with one attached hydrogen (secondary N) is 1. The maximum atomic E-state index is 13.4. The van der Waals surface area contributed by atoms with Gasteiger partial charge >= 0.3 is 5.97 Å². The van der Waals surface area contributed by atoms with E-state index < -0.39 is 17.7 Å². The van der Waals surface area contributed by atoms with Crippen LogP contribution in [0.4, 0.5) is 0 Å². The zero-order valence-corrected chi connectivity index (χ0v) is 22.3. The smallest absolute Gasteiger partial charge is 0.337 e. The number of hydrogen-bond acceptors (Lipinski definition) is 4. The van der Waals surface area contributed by atoms with Gasteiger partial charge in [-0.1, -0.05) is 37.6 Å². The van der Waals surface area contributed by atoms with E-state index in [-0.39, 0.29) is 11.9 Å². The van der Waals surface area contributed by atoms with Crippen LogP contribution >= 0.6 is 11.6 Å². The van der Waals surface area contributed by atoms with E-state index in [1.807, 2.05) is 39.8 Å². The predicted molar refractivity (Wildman–Crippen MR) is 139 cm³/mol. The minimum atomic E-state index is -1.24. The monoisotopic (exact) mass is 500 g/mol. The molecule has 0 bridgehead atoms. The van der Waals surface area contributed by atoms with Gasteiger partial charge in [-0.3, -0.25) is 4.79 Å². The van der Waals surface area contributed by atoms with Gasteiger partial charge in [0.2, 0.25) is 0 Å². The number of rotatable bonds is 8. The van der Waals surface area contributed by atoms with Gasteiger partial charge in [0.25, 0.3) is 5.91 Å². The van der Waals surface area contributed by atoms with Crippen LogP contribution in [-0.4, -0.2) is 33.6 Å². The Labute approximate surface area is 213 Å². The predicted octanol–water partition coefficient (Wildman–Crippen LogP) is 6.66. The van der Waals surface area contributed by atoms with E-state index in [0.717, 1.165) is 31.2 Å². The lowest BCUT2D eigenvalue weighted by Gasteiger charge is -2.31. The minimum Gasteiger partial charge on any atom is -0.479 e. The Balaban J connectivity index is 2.13. The van der Waals surface area contributed by atoms with Gasteiger partial charge in [0.1, 0.15) is 5.69 Å². The molecule has 2 aromatic rings. The number of aryl methyl sites for hydroxylation is 1. The van der Waals surface area contributed by atoms with Crippen LogP contribution in [0.3, 0.4) is 0 Å². The minimum absolute atomic E-state index is 0.124. The molecule has 1 heterocycles. The molecule has 0 radical (unpaired) electrons. The van der Waals surface area contributed by atoms with Crippen molar-refractivity contribution in [1.82, 2.24) is 10.3 Å². The summed E-state index contributed by atoms with van der Waals surface area (Å²) in [6.07, 6.45) is 3.49. The number of benzene rings is 1. The van der Waals surface area contributed by atoms with Crippen LogP contribution in [0.25, 0.3) is 11.1 Å². The molecule has 0 aliphatic heterocycles. The molecular formula is C28H37ClN2O4. The van der Waals surface area contributed by atoms with E-state index >= 15 is 0 Å². The molecule has 1 aliphatic rings. The fourth-order valence-corrected chi connectivity index (χ4v) is 4.76. The third kappa shape index (κ3) is 6.42. The Morgan fingerprint density at radius 3 is 2.31 bits per heavy atom. The molecule has 0 unspecified atom stereocenters. The molecule has 6 nitrogen and oxygen atoms in total. The maximum absolute atomic E-state index is 13.4. The number of carboxylic acids is 1. The molecular weight excluding hydrogens is 464 g/mol. The van der Waals surface area contributed by atoms with E-state index in [4.69, 9.17) is 16.3 Å². The Kier molecular flexibility index (Phi) is 8.60. The number of pyridine rings is 1. The van der Waals surface area contributed by atoms with Crippen molar-refractivity contribution in [3.8, 4) is 11.1 Å². The third-order valence-corrected chi connectivity index (χ3v) is 7.39. The summed E-state index contributed by atoms with van der Waals surface area (Å²) in [6, 6.07) is 7.31. The average Bonchev–Trinajstić information content (AvgIpc) is 2.81. The van der Waals surface area contributed by atoms with Crippen LogP contribution in [0.2, 0.25) is 5.02 Å². The standard InChI is InChI=1S/C28H37ClN2O4/c1-7-28(5,6)35-25(27(33)34)23-18(4)30-24(26(32)31-21-14-8-16(2)9-15-21)17(3)22(23)19-10-12-20(29)13-11-19/h10-13,16,21,25H,7-9,14-15H2,1-6H3,(H,31,32)(H,33,34)/t16?,21?,25-/m0/s1. The Bertz CT molecular complexity index is 1070. The number of nitrogens with zero attached hydrogens (tertiary/aromatic N) is 1. The van der Waals surface area contributed by atoms with Gasteiger partial charge in [-0.25, -0.2) is 9.78 Å². The first kappa shape index (κ1) is 27.2. The summed E-state index contributed by atoms with van der Waals surface area (Å²) < 4.78 is 6.12. The molecule has 35 heavy (non-hydrogen) atoms. The first-order valence-electron chi connectivity index (χ1n) is 12.4. The molecule has 1 aromatic heterocycles. The number of hydrogen-bond donors (Lipinski definition) is 2. The van der Waals surface area contributed by atoms with Crippen molar-refractivity contribution in [2.75, 3.05) is 0 Å². The molecule has 1 aromatic carbocycles. The zero-order chi connectivity index (χ0) is 25.9. The van der Waals surface area contributed by atoms with Gasteiger partial charge in [0.15, 0.2) is 6.10 Å². The highest BCUT2D eigenvalue weighted by Crippen LogP contribution is 2.39. The van der Waals surface area contributed by atoms with E-state index in [0.29, 0.717) is 45.4 Å². The molecule has 1 aliphatic carbocycles. The van der Waals surface area contributed by atoms with Crippen LogP contribution in [0.15, 0.2) is 24.3 Å². The highest BCUT2D eigenvalue weighted by molar-refractivity contribution is 6.30. The summed E-state index contributed by atoms with van der Waals surface area (Å²) in [5, 5.41) is 13.9. The maximum Gasteiger partial charge on any atom is 0.337 e. The number of halogens is 1. The number of aliphatic carboxylic acids is 1. The van der Waals surface area contributed by atoms with E-state index in [9.17, 15) is 14.7 Å². The highest BCUT2D eigenvalue weighted by Gasteiger charge is 2.34. The molecule has 190 valence electrons. The van der Waals surface area contributed by atoms with Gasteiger partial charge in [-0.2, -0.15) is 0 Å². The largest absolute Gasteiger partial charge is 0.479 e. The Morgan fingerprint density at radius 2 is 1.77 bits per heavy atom. The fraction of sp³-hybridized carbons (Fsp3) is 0.536. The molecule has 2 N–H and O–H groups in total. The third-order valence-electron chi connectivity index (χ3n) is 7.14. The lowest BCUT2D eigenvalue weighted by Crippen LogP contribution is -2.38. The molecule has 0 spiro atoms. The zero-order valence-electron chi connectivity index (χ0n) is 21.6. The number of carbonyl (C=O) groups is 2. The number of aromatic nitrogens is 1. The van der Waals surface area contributed by atoms with Gasteiger partial charge in [0.05, 0.1) is 5.60 Å². The Hall–Kier alpha value is -2.44. The van der Waals surface area contributed by atoms with Crippen molar-refractivity contribution in [3.05, 3.63) is 51.8 Å². The number of carbonyl (C=O) groups excluding carboxylic acids is 1. The van der Waals surface area contributed by atoms with Crippen LogP contribution in [-0.2, 0) is 9.53 Å². The molecule has 1 atom stereocenters. The van der Waals surface area contributed by atoms with Gasteiger partial charge < -0.3 is 15.2 Å². The van der Waals surface area contributed by atoms with Gasteiger partial charge in [-0.05, 0) is 94.5 Å². The summed E-state index contributed by atoms with van der Waals surface area (Å²) in [4.78, 5) is 30.4. The van der Waals surface area contributed by atoms with Crippen molar-refractivity contribution in [2.45, 2.75) is 91.4 Å². The summed E-state index contributed by atoms with van der Waals surface area (Å²) in [5.74, 6) is -0.644. The average molecular weight is 501 g/mol. The molecule has 7 heteroatoms. The van der Waals surface area contributed by atoms with E-state index in [1.54, 1.807) is 19.1 Å². The SMILES string of the molecule is CCC(C)(C)O[C@H](C(=O)O)c1c(C)nc(C(=O)NC2CCC(C)CC2)c(C)c1-c1ccc(Cl)cc1. The highest BCUT2D eigenvalue weighted by atomic mass is 35.5. The van der Waals surface area contributed by atoms with Crippen LogP contribution < -0.4 is 5.32 Å². The van der Waals surface area contributed by atoms with Crippen molar-refractivity contribution in [1.29, 1.82) is 0 Å². The normalized spacial score (nSPS) is 19.3. The topological polar surface area (TPSA) is 88.5 Å². The molecule has 1 fully saturated rings. The number of ether oxygens (including phenoxy) is 1. The van der Waals surface area contributed by atoms with E-state index in [1.165, 1.54) is 0 Å². The van der Waals surface area contributed by atoms with Crippen LogP contribution in [0.1, 0.15) is 93.2 Å². The van der Waals surface area contributed by atoms with Gasteiger partial charge in [-0.15, -0.1) is 0 Å². The second-order valence-corrected chi connectivity index (χ2v) is 10.8. The lowest BCUT2D eigenvalue weighted by molar-refractivity contribution is -0.162. The summed E-state index contributed by atoms with van der Waals surface area (Å²) in [5.41, 5.74) is 2.61. The summed E-state index contributed by atoms with van der Waals surface area (Å²) in [7, 11) is 0. The van der Waals surface area contributed by atoms with Crippen molar-refractivity contribution in [2.24, 2.45) is 5.92 Å². The summed E-state index contributed by atoms with van der Waals surface area (Å²) >= 11 is 6.13. The van der Waals surface area contributed by atoms with Gasteiger partial charge in [0, 0.05) is 22.3 Å². The van der Waals surface area contributed by atoms with Crippen LogP contribution in [0.5, 0.6) is 0 Å². The molecule has 3 rings (SSSR count). The number of amides is 1. The quantitative estimate of drug-likeness (QED) is 0.423. The first-order valence-corrected chi connectivity index (χ1v) is 12.8. The van der Waals surface area contributed by atoms with Crippen molar-refractivity contribution >= 4 is 23.5 Å². The van der Waals surface area contributed by atoms with Crippen molar-refractivity contribution in [3.63, 3.8) is 0 Å². The van der Waals surface area contributed by atoms with Crippen LogP contribution in [0, 0.1) is 19.8 Å². The second-order valence-electron chi connectivity index (χ2n) is 10.3. The molecule has 1 amide bonds. The van der Waals surface area contributed by atoms with E-state index in [2.05, 4.69) is 17.2 Å². The second kappa shape index (κ2) is 11.1. The number of carboxylic acid groups (broad SMARTS) is 1. The fourth-order valence-electron chi connectivity index (χ4n) is 4.64. The van der Waals surface area contributed by atoms with Crippen molar-refractivity contribution < 1.29 is 19.4 Å². The summed E-state index contributed by atoms with van der Waals surface area (Å²) in [6.45, 7) is 11.5. The lowest BCUT2D eigenvalue weighted by atomic mass is 9.87. The molecule has 0 saturated heterocycles.